The summed E-state index contributed by atoms with van der Waals surface area (Å²) in [5.74, 6) is -1.48. The molecule has 0 saturated carbocycles. The Kier molecular flexibility index (Phi) is 2.62. The summed E-state index contributed by atoms with van der Waals surface area (Å²) in [5.41, 5.74) is 1.80. The molecular formula is C15H11F3. The molecule has 2 aromatic rings. The van der Waals surface area contributed by atoms with Gasteiger partial charge in [0.1, 0.15) is 17.5 Å². The van der Waals surface area contributed by atoms with Crippen LogP contribution in [0.25, 0.3) is 11.1 Å². The molecule has 0 atom stereocenters. The molecule has 0 fully saturated rings. The molecule has 0 amide bonds. The minimum absolute atomic E-state index is 0.0457. The van der Waals surface area contributed by atoms with Gasteiger partial charge in [0.25, 0.3) is 0 Å². The first kappa shape index (κ1) is 11.3. The van der Waals surface area contributed by atoms with E-state index in [2.05, 4.69) is 0 Å². The van der Waals surface area contributed by atoms with E-state index in [-0.39, 0.29) is 11.4 Å². The second kappa shape index (κ2) is 4.16. The predicted octanol–water partition coefficient (Wildman–Crippen LogP) is 4.26. The Bertz CT molecular complexity index is 597. The maximum absolute atomic E-state index is 13.8. The van der Waals surface area contributed by atoms with E-state index in [1.807, 2.05) is 0 Å². The molecule has 0 heterocycles. The molecule has 0 bridgehead atoms. The molecular weight excluding hydrogens is 237 g/mol. The van der Waals surface area contributed by atoms with Crippen molar-refractivity contribution in [2.75, 3.05) is 0 Å². The van der Waals surface area contributed by atoms with Crippen LogP contribution in [0.5, 0.6) is 0 Å². The molecule has 1 aliphatic carbocycles. The lowest BCUT2D eigenvalue weighted by atomic mass is 9.96. The number of rotatable bonds is 1. The number of fused-ring (bicyclic) bond motifs is 1. The lowest BCUT2D eigenvalue weighted by molar-refractivity contribution is 0.588. The summed E-state index contributed by atoms with van der Waals surface area (Å²) in [6, 6.07) is 6.55. The van der Waals surface area contributed by atoms with Crippen molar-refractivity contribution in [2.45, 2.75) is 19.3 Å². The molecule has 92 valence electrons. The van der Waals surface area contributed by atoms with Crippen LogP contribution in [0.1, 0.15) is 17.5 Å². The molecule has 0 spiro atoms. The van der Waals surface area contributed by atoms with Gasteiger partial charge in [-0.05, 0) is 54.2 Å². The zero-order valence-corrected chi connectivity index (χ0v) is 9.64. The molecule has 0 radical (unpaired) electrons. The quantitative estimate of drug-likeness (QED) is 0.707. The van der Waals surface area contributed by atoms with E-state index in [9.17, 15) is 13.2 Å². The van der Waals surface area contributed by atoms with E-state index >= 15 is 0 Å². The summed E-state index contributed by atoms with van der Waals surface area (Å²) < 4.78 is 41.1. The minimum Gasteiger partial charge on any atom is -0.207 e. The van der Waals surface area contributed by atoms with Gasteiger partial charge in [-0.1, -0.05) is 12.1 Å². The fourth-order valence-electron chi connectivity index (χ4n) is 2.65. The number of hydrogen-bond acceptors (Lipinski definition) is 0. The minimum atomic E-state index is -0.601. The molecule has 18 heavy (non-hydrogen) atoms. The van der Waals surface area contributed by atoms with Crippen LogP contribution in [0, 0.1) is 17.5 Å². The van der Waals surface area contributed by atoms with Crippen molar-refractivity contribution in [3.8, 4) is 11.1 Å². The first-order valence-corrected chi connectivity index (χ1v) is 5.93. The Morgan fingerprint density at radius 2 is 1.39 bits per heavy atom. The molecule has 0 saturated heterocycles. The molecule has 0 unspecified atom stereocenters. The average Bonchev–Trinajstić information content (AvgIpc) is 2.81. The highest BCUT2D eigenvalue weighted by atomic mass is 19.1. The standard InChI is InChI=1S/C15H11F3/c16-12-8-7-11(9-3-1-4-10(9)12)15-13(17)5-2-6-14(15)18/h2,5-8H,1,3-4H2. The zero-order chi connectivity index (χ0) is 12.7. The number of benzene rings is 2. The van der Waals surface area contributed by atoms with E-state index in [0.29, 0.717) is 24.0 Å². The maximum atomic E-state index is 13.8. The third-order valence-corrected chi connectivity index (χ3v) is 3.46. The first-order valence-electron chi connectivity index (χ1n) is 5.93. The molecule has 1 aliphatic rings. The van der Waals surface area contributed by atoms with Crippen LogP contribution >= 0.6 is 0 Å². The summed E-state index contributed by atoms with van der Waals surface area (Å²) in [4.78, 5) is 0. The molecule has 0 N–H and O–H groups in total. The third-order valence-electron chi connectivity index (χ3n) is 3.46. The van der Waals surface area contributed by atoms with Gasteiger partial charge >= 0.3 is 0 Å². The van der Waals surface area contributed by atoms with Crippen molar-refractivity contribution < 1.29 is 13.2 Å². The van der Waals surface area contributed by atoms with Gasteiger partial charge in [-0.2, -0.15) is 0 Å². The van der Waals surface area contributed by atoms with Crippen molar-refractivity contribution in [2.24, 2.45) is 0 Å². The van der Waals surface area contributed by atoms with Gasteiger partial charge < -0.3 is 0 Å². The highest BCUT2D eigenvalue weighted by molar-refractivity contribution is 5.70. The van der Waals surface area contributed by atoms with Crippen LogP contribution in [-0.4, -0.2) is 0 Å². The van der Waals surface area contributed by atoms with Crippen molar-refractivity contribution in [3.63, 3.8) is 0 Å². The van der Waals surface area contributed by atoms with E-state index < -0.39 is 11.6 Å². The molecule has 0 aliphatic heterocycles. The SMILES string of the molecule is Fc1ccc(-c2c(F)cccc2F)c2c1CCC2. The topological polar surface area (TPSA) is 0 Å². The number of halogens is 3. The second-order valence-corrected chi connectivity index (χ2v) is 4.50. The summed E-state index contributed by atoms with van der Waals surface area (Å²) in [6.07, 6.45) is 2.15. The largest absolute Gasteiger partial charge is 0.207 e. The Morgan fingerprint density at radius 1 is 0.722 bits per heavy atom. The van der Waals surface area contributed by atoms with Crippen LogP contribution in [-0.2, 0) is 12.8 Å². The van der Waals surface area contributed by atoms with Gasteiger partial charge in [0.15, 0.2) is 0 Å². The first-order chi connectivity index (χ1) is 8.68. The zero-order valence-electron chi connectivity index (χ0n) is 9.64. The molecule has 3 rings (SSSR count). The van der Waals surface area contributed by atoms with E-state index in [4.69, 9.17) is 0 Å². The van der Waals surface area contributed by atoms with Crippen LogP contribution in [0.4, 0.5) is 13.2 Å². The molecule has 0 nitrogen and oxygen atoms in total. The lowest BCUT2D eigenvalue weighted by Crippen LogP contribution is -1.97. The molecule has 2 aromatic carbocycles. The van der Waals surface area contributed by atoms with Gasteiger partial charge in [0.05, 0.1) is 5.56 Å². The van der Waals surface area contributed by atoms with Crippen LogP contribution in [0.15, 0.2) is 30.3 Å². The fourth-order valence-corrected chi connectivity index (χ4v) is 2.65. The van der Waals surface area contributed by atoms with Gasteiger partial charge in [-0.3, -0.25) is 0 Å². The van der Waals surface area contributed by atoms with Crippen molar-refractivity contribution >= 4 is 0 Å². The van der Waals surface area contributed by atoms with Gasteiger partial charge in [0, 0.05) is 0 Å². The smallest absolute Gasteiger partial charge is 0.133 e. The lowest BCUT2D eigenvalue weighted by Gasteiger charge is -2.11. The summed E-state index contributed by atoms with van der Waals surface area (Å²) in [6.45, 7) is 0. The summed E-state index contributed by atoms with van der Waals surface area (Å²) in [5, 5.41) is 0. The van der Waals surface area contributed by atoms with Crippen molar-refractivity contribution in [1.82, 2.24) is 0 Å². The summed E-state index contributed by atoms with van der Waals surface area (Å²) in [7, 11) is 0. The molecule has 0 aromatic heterocycles. The normalized spacial score (nSPS) is 13.7. The van der Waals surface area contributed by atoms with E-state index in [1.165, 1.54) is 30.3 Å². The van der Waals surface area contributed by atoms with Crippen LogP contribution < -0.4 is 0 Å². The van der Waals surface area contributed by atoms with Gasteiger partial charge in [-0.25, -0.2) is 13.2 Å². The van der Waals surface area contributed by atoms with Crippen molar-refractivity contribution in [1.29, 1.82) is 0 Å². The highest BCUT2D eigenvalue weighted by Crippen LogP contribution is 2.36. The van der Waals surface area contributed by atoms with E-state index in [1.54, 1.807) is 0 Å². The Hall–Kier alpha value is -1.77. The third kappa shape index (κ3) is 1.62. The van der Waals surface area contributed by atoms with Gasteiger partial charge in [-0.15, -0.1) is 0 Å². The maximum Gasteiger partial charge on any atom is 0.133 e. The highest BCUT2D eigenvalue weighted by Gasteiger charge is 2.22. The van der Waals surface area contributed by atoms with Crippen LogP contribution in [0.2, 0.25) is 0 Å². The number of hydrogen-bond donors (Lipinski definition) is 0. The van der Waals surface area contributed by atoms with E-state index in [0.717, 1.165) is 12.0 Å². The Labute approximate surface area is 103 Å². The Balaban J connectivity index is 2.28. The van der Waals surface area contributed by atoms with Crippen LogP contribution in [0.3, 0.4) is 0 Å². The van der Waals surface area contributed by atoms with Gasteiger partial charge in [0.2, 0.25) is 0 Å². The summed E-state index contributed by atoms with van der Waals surface area (Å²) >= 11 is 0. The predicted molar refractivity (Wildman–Crippen MR) is 63.8 cm³/mol. The Morgan fingerprint density at radius 3 is 2.11 bits per heavy atom. The monoisotopic (exact) mass is 248 g/mol. The second-order valence-electron chi connectivity index (χ2n) is 4.50. The average molecular weight is 248 g/mol. The molecule has 3 heteroatoms. The fraction of sp³-hybridized carbons (Fsp3) is 0.200. The van der Waals surface area contributed by atoms with Crippen molar-refractivity contribution in [3.05, 3.63) is 58.9 Å².